The van der Waals surface area contributed by atoms with Crippen LogP contribution in [-0.2, 0) is 13.1 Å². The number of aliphatic imine (C=N–C) groups is 1. The zero-order chi connectivity index (χ0) is 20.4. The van der Waals surface area contributed by atoms with Crippen LogP contribution in [-0.4, -0.2) is 12.4 Å². The van der Waals surface area contributed by atoms with E-state index in [1.165, 1.54) is 16.7 Å². The Kier molecular flexibility index (Phi) is 9.76. The summed E-state index contributed by atoms with van der Waals surface area (Å²) in [5, 5.41) is 4.02. The van der Waals surface area contributed by atoms with Crippen molar-refractivity contribution in [2.75, 3.05) is 0 Å². The van der Waals surface area contributed by atoms with Gasteiger partial charge in [0.15, 0.2) is 5.75 Å². The minimum atomic E-state index is 0.194. The topological polar surface area (TPSA) is 34.0 Å². The Hall–Kier alpha value is -1.62. The van der Waals surface area contributed by atoms with E-state index in [1.54, 1.807) is 17.6 Å². The van der Waals surface area contributed by atoms with Crippen LogP contribution in [0.5, 0.6) is 5.75 Å². The molecular weight excluding hydrogens is 455 g/mol. The normalized spacial score (nSPS) is 11.0. The Morgan fingerprint density at radius 1 is 0.893 bits per heavy atom. The standard InChI is InChI=1S/C21H20N2OS.2ClH.Fe/c1-15-11-16(2)21(17(3)12-15)22-13-19-9-10-20(25-19)14-23-24-18-7-5-4-6-8-18;;;/h4-14H,1-3H3;2*1H;/q;;;+2/p-2/b22-13?,23-14+;;;. The van der Waals surface area contributed by atoms with Gasteiger partial charge in [0.2, 0.25) is 0 Å². The van der Waals surface area contributed by atoms with Gasteiger partial charge in [-0.05, 0) is 56.2 Å². The van der Waals surface area contributed by atoms with Gasteiger partial charge >= 0.3 is 33.3 Å². The second kappa shape index (κ2) is 12.1. The molecule has 0 aliphatic rings. The first-order valence-electron chi connectivity index (χ1n) is 8.36. The van der Waals surface area contributed by atoms with Gasteiger partial charge in [0.25, 0.3) is 0 Å². The van der Waals surface area contributed by atoms with E-state index < -0.39 is 0 Å². The molecule has 1 aromatic heterocycles. The molecule has 2 aromatic carbocycles. The SMILES string of the molecule is Cc1cc(C)c(N=Cc2ccc(/C=N/Oc3ccccc3)s2)c(C)c1.[Cl][Fe][Cl]. The molecule has 1 heterocycles. The molecule has 0 amide bonds. The van der Waals surface area contributed by atoms with Crippen molar-refractivity contribution in [2.24, 2.45) is 10.1 Å². The molecule has 0 aliphatic carbocycles. The average molecular weight is 475 g/mol. The first kappa shape index (κ1) is 22.7. The Labute approximate surface area is 184 Å². The summed E-state index contributed by atoms with van der Waals surface area (Å²) in [5.41, 5.74) is 4.70. The third-order valence-corrected chi connectivity index (χ3v) is 4.64. The van der Waals surface area contributed by atoms with E-state index in [1.807, 2.05) is 48.7 Å². The molecule has 0 N–H and O–H groups in total. The molecule has 0 fully saturated rings. The molecule has 3 rings (SSSR count). The van der Waals surface area contributed by atoms with Crippen LogP contribution in [0.2, 0.25) is 0 Å². The molecule has 0 saturated heterocycles. The number of hydrogen-bond acceptors (Lipinski definition) is 4. The van der Waals surface area contributed by atoms with Crippen molar-refractivity contribution in [3.8, 4) is 5.75 Å². The Morgan fingerprint density at radius 3 is 2.07 bits per heavy atom. The van der Waals surface area contributed by atoms with E-state index >= 15 is 0 Å². The molecule has 0 radical (unpaired) electrons. The number of aryl methyl sites for hydroxylation is 3. The fourth-order valence-electron chi connectivity index (χ4n) is 2.63. The summed E-state index contributed by atoms with van der Waals surface area (Å²) in [6, 6.07) is 17.9. The van der Waals surface area contributed by atoms with Gasteiger partial charge in [0, 0.05) is 16.0 Å². The summed E-state index contributed by atoms with van der Waals surface area (Å²) < 4.78 is 0. The van der Waals surface area contributed by atoms with E-state index in [9.17, 15) is 0 Å². The van der Waals surface area contributed by atoms with Gasteiger partial charge in [-0.1, -0.05) is 41.1 Å². The van der Waals surface area contributed by atoms with Crippen LogP contribution in [0.1, 0.15) is 26.4 Å². The fourth-order valence-corrected chi connectivity index (χ4v) is 3.38. The van der Waals surface area contributed by atoms with Crippen molar-refractivity contribution >= 4 is 49.6 Å². The zero-order valence-electron chi connectivity index (χ0n) is 15.7. The molecule has 0 unspecified atom stereocenters. The number of para-hydroxylation sites is 1. The number of thiophene rings is 1. The first-order valence-corrected chi connectivity index (χ1v) is 12.2. The molecule has 28 heavy (non-hydrogen) atoms. The maximum atomic E-state index is 5.33. The number of hydrogen-bond donors (Lipinski definition) is 0. The summed E-state index contributed by atoms with van der Waals surface area (Å²) in [5.74, 6) is 0.724. The van der Waals surface area contributed by atoms with Crippen molar-refractivity contribution in [2.45, 2.75) is 20.8 Å². The van der Waals surface area contributed by atoms with Gasteiger partial charge in [-0.3, -0.25) is 4.99 Å². The molecule has 148 valence electrons. The molecule has 0 saturated carbocycles. The number of benzene rings is 2. The molecule has 0 atom stereocenters. The number of oxime groups is 1. The second-order valence-corrected chi connectivity index (χ2v) is 8.91. The zero-order valence-corrected chi connectivity index (χ0v) is 19.1. The van der Waals surface area contributed by atoms with Gasteiger partial charge in [-0.15, -0.1) is 11.3 Å². The number of rotatable bonds is 5. The minimum absolute atomic E-state index is 0.194. The molecule has 3 aromatic rings. The van der Waals surface area contributed by atoms with E-state index in [-0.39, 0.29) is 13.1 Å². The van der Waals surface area contributed by atoms with Crippen LogP contribution in [0.15, 0.2) is 64.7 Å². The monoisotopic (exact) mass is 474 g/mol. The quantitative estimate of drug-likeness (QED) is 0.218. The van der Waals surface area contributed by atoms with Crippen LogP contribution in [0.4, 0.5) is 5.69 Å². The molecule has 0 aliphatic heterocycles. The van der Waals surface area contributed by atoms with Gasteiger partial charge in [-0.25, -0.2) is 0 Å². The third-order valence-electron chi connectivity index (χ3n) is 3.69. The fraction of sp³-hybridized carbons (Fsp3) is 0.143. The van der Waals surface area contributed by atoms with Gasteiger partial charge in [-0.2, -0.15) is 0 Å². The Morgan fingerprint density at radius 2 is 1.46 bits per heavy atom. The van der Waals surface area contributed by atoms with Crippen LogP contribution < -0.4 is 4.84 Å². The summed E-state index contributed by atoms with van der Waals surface area (Å²) in [6.07, 6.45) is 3.63. The molecule has 0 bridgehead atoms. The van der Waals surface area contributed by atoms with Crippen LogP contribution in [0.25, 0.3) is 0 Å². The average Bonchev–Trinajstić information content (AvgIpc) is 3.10. The second-order valence-electron chi connectivity index (χ2n) is 5.94. The van der Waals surface area contributed by atoms with E-state index in [0.717, 1.165) is 21.2 Å². The van der Waals surface area contributed by atoms with Gasteiger partial charge in [0.05, 0.1) is 11.9 Å². The predicted octanol–water partition coefficient (Wildman–Crippen LogP) is 7.21. The Bertz CT molecular complexity index is 920. The van der Waals surface area contributed by atoms with Crippen LogP contribution in [0.3, 0.4) is 0 Å². The van der Waals surface area contributed by atoms with E-state index in [2.05, 4.69) is 43.1 Å². The molecule has 0 spiro atoms. The van der Waals surface area contributed by atoms with Gasteiger partial charge in [0.1, 0.15) is 0 Å². The first-order chi connectivity index (χ1) is 13.5. The summed E-state index contributed by atoms with van der Waals surface area (Å²) in [7, 11) is 9.53. The summed E-state index contributed by atoms with van der Waals surface area (Å²) >= 11 is 1.82. The predicted molar refractivity (Wildman–Crippen MR) is 119 cm³/mol. The van der Waals surface area contributed by atoms with Gasteiger partial charge < -0.3 is 4.84 Å². The third kappa shape index (κ3) is 7.42. The van der Waals surface area contributed by atoms with Crippen molar-refractivity contribution in [3.05, 3.63) is 81.0 Å². The van der Waals surface area contributed by atoms with E-state index in [0.29, 0.717) is 0 Å². The maximum absolute atomic E-state index is 5.33. The van der Waals surface area contributed by atoms with Crippen molar-refractivity contribution < 1.29 is 18.0 Å². The van der Waals surface area contributed by atoms with Crippen LogP contribution in [0, 0.1) is 20.8 Å². The number of nitrogens with zero attached hydrogens (tertiary/aromatic N) is 2. The number of halogens is 2. The van der Waals surface area contributed by atoms with Crippen molar-refractivity contribution in [1.82, 2.24) is 0 Å². The van der Waals surface area contributed by atoms with E-state index in [4.69, 9.17) is 25.0 Å². The van der Waals surface area contributed by atoms with Crippen molar-refractivity contribution in [1.29, 1.82) is 0 Å². The Balaban J connectivity index is 0.000000878. The molecule has 7 heteroatoms. The summed E-state index contributed by atoms with van der Waals surface area (Å²) in [6.45, 7) is 6.30. The summed E-state index contributed by atoms with van der Waals surface area (Å²) in [4.78, 5) is 12.1. The van der Waals surface area contributed by atoms with Crippen LogP contribution >= 0.6 is 31.5 Å². The molecular formula is C21H20Cl2FeN2OS. The molecule has 3 nitrogen and oxygen atoms in total. The van der Waals surface area contributed by atoms with Crippen molar-refractivity contribution in [3.63, 3.8) is 0 Å².